The molecule has 4 aromatic heterocycles. The molecule has 9 nitrogen and oxygen atoms in total. The SMILES string of the molecule is CN1C=C(c2ccc(-n3c4ccccc4c4ccccc43)cn2)N(c2cccc(Oc3cccc(N4CN(C)C=C4c4ccc(-n5c6ccccc6c6ccccc65)cn4)c3)c2)C1. The molecule has 0 amide bonds. The van der Waals surface area contributed by atoms with E-state index < -0.39 is 0 Å². The predicted octanol–water partition coefficient (Wildman–Crippen LogP) is 11.9. The molecule has 0 atom stereocenters. The summed E-state index contributed by atoms with van der Waals surface area (Å²) in [6.07, 6.45) is 8.28. The molecular formula is C54H42N8O. The first kappa shape index (κ1) is 36.5. The Morgan fingerprint density at radius 1 is 0.397 bits per heavy atom. The Morgan fingerprint density at radius 2 is 0.778 bits per heavy atom. The van der Waals surface area contributed by atoms with Crippen LogP contribution in [-0.4, -0.2) is 56.3 Å². The second-order valence-corrected chi connectivity index (χ2v) is 16.3. The van der Waals surface area contributed by atoms with E-state index in [2.05, 4.69) is 201 Å². The zero-order valence-corrected chi connectivity index (χ0v) is 34.9. The van der Waals surface area contributed by atoms with Crippen LogP contribution < -0.4 is 14.5 Å². The highest BCUT2D eigenvalue weighted by atomic mass is 16.5. The molecular weight excluding hydrogens is 777 g/mol. The van der Waals surface area contributed by atoms with Gasteiger partial charge in [0.15, 0.2) is 0 Å². The quantitative estimate of drug-likeness (QED) is 0.151. The second-order valence-electron chi connectivity index (χ2n) is 16.3. The van der Waals surface area contributed by atoms with Crippen LogP contribution in [-0.2, 0) is 0 Å². The third-order valence-corrected chi connectivity index (χ3v) is 12.2. The number of anilines is 2. The van der Waals surface area contributed by atoms with Crippen LogP contribution in [0.2, 0.25) is 0 Å². The first-order valence-corrected chi connectivity index (χ1v) is 21.2. The number of para-hydroxylation sites is 4. The van der Waals surface area contributed by atoms with Crippen molar-refractivity contribution in [1.29, 1.82) is 0 Å². The standard InChI is InChI=1S/C54H42N8O/c1-57-33-53(47-27-25-39(31-55-47)61-49-21-7-3-17-43(49)44-18-4-8-22-50(44)61)59(35-57)37-13-11-15-41(29-37)63-42-16-12-14-38(30-42)60-36-58(2)34-54(60)48-28-26-40(32-56-48)62-51-23-9-5-19-45(51)46-20-6-10-24-52(46)62/h3-34H,35-36H2,1-2H3. The smallest absolute Gasteiger partial charge is 0.129 e. The van der Waals surface area contributed by atoms with Gasteiger partial charge < -0.3 is 33.5 Å². The lowest BCUT2D eigenvalue weighted by Gasteiger charge is -2.24. The van der Waals surface area contributed by atoms with Crippen LogP contribution in [0.1, 0.15) is 11.4 Å². The van der Waals surface area contributed by atoms with Crippen molar-refractivity contribution in [1.82, 2.24) is 28.9 Å². The Balaban J connectivity index is 0.791. The van der Waals surface area contributed by atoms with Gasteiger partial charge in [-0.3, -0.25) is 9.97 Å². The van der Waals surface area contributed by atoms with E-state index in [4.69, 9.17) is 14.7 Å². The van der Waals surface area contributed by atoms with Crippen molar-refractivity contribution >= 4 is 66.4 Å². The third kappa shape index (κ3) is 6.24. The molecule has 0 bridgehead atoms. The largest absolute Gasteiger partial charge is 0.457 e. The number of ether oxygens (including phenoxy) is 1. The van der Waals surface area contributed by atoms with E-state index in [1.54, 1.807) is 0 Å². The Hall–Kier alpha value is -8.30. The van der Waals surface area contributed by atoms with Gasteiger partial charge >= 0.3 is 0 Å². The van der Waals surface area contributed by atoms with Crippen molar-refractivity contribution in [2.45, 2.75) is 0 Å². The molecule has 0 saturated carbocycles. The zero-order chi connectivity index (χ0) is 42.0. The zero-order valence-electron chi connectivity index (χ0n) is 34.9. The van der Waals surface area contributed by atoms with E-state index >= 15 is 0 Å². The van der Waals surface area contributed by atoms with Crippen molar-refractivity contribution < 1.29 is 4.74 Å². The van der Waals surface area contributed by atoms with Gasteiger partial charge in [-0.25, -0.2) is 0 Å². The Labute approximate surface area is 364 Å². The third-order valence-electron chi connectivity index (χ3n) is 12.2. The summed E-state index contributed by atoms with van der Waals surface area (Å²) in [5.41, 5.74) is 12.6. The van der Waals surface area contributed by atoms with E-state index in [0.29, 0.717) is 13.3 Å². The average molecular weight is 819 g/mol. The minimum Gasteiger partial charge on any atom is -0.457 e. The summed E-state index contributed by atoms with van der Waals surface area (Å²) < 4.78 is 11.2. The Morgan fingerprint density at radius 3 is 1.14 bits per heavy atom. The topological polar surface area (TPSA) is 57.8 Å². The van der Waals surface area contributed by atoms with Crippen molar-refractivity contribution in [3.63, 3.8) is 0 Å². The van der Waals surface area contributed by atoms with Crippen LogP contribution in [0, 0.1) is 0 Å². The number of benzene rings is 6. The molecule has 10 aromatic rings. The number of hydrogen-bond acceptors (Lipinski definition) is 7. The van der Waals surface area contributed by atoms with Crippen LogP contribution in [0.4, 0.5) is 11.4 Å². The molecule has 0 N–H and O–H groups in total. The highest BCUT2D eigenvalue weighted by Crippen LogP contribution is 2.38. The minimum absolute atomic E-state index is 0.690. The van der Waals surface area contributed by atoms with Crippen LogP contribution in [0.25, 0.3) is 66.4 Å². The van der Waals surface area contributed by atoms with Gasteiger partial charge in [0.05, 0.1) is 82.0 Å². The lowest BCUT2D eigenvalue weighted by Crippen LogP contribution is -2.24. The maximum absolute atomic E-state index is 6.61. The molecule has 6 heterocycles. The fourth-order valence-electron chi connectivity index (χ4n) is 9.39. The van der Waals surface area contributed by atoms with Crippen molar-refractivity contribution in [2.75, 3.05) is 37.2 Å². The van der Waals surface area contributed by atoms with Gasteiger partial charge in [0.1, 0.15) is 11.5 Å². The Bertz CT molecular complexity index is 3100. The first-order chi connectivity index (χ1) is 31.0. The molecule has 63 heavy (non-hydrogen) atoms. The molecule has 12 rings (SSSR count). The second kappa shape index (κ2) is 14.7. The minimum atomic E-state index is 0.690. The highest BCUT2D eigenvalue weighted by molar-refractivity contribution is 6.10. The summed E-state index contributed by atoms with van der Waals surface area (Å²) in [7, 11) is 4.18. The number of pyridine rings is 2. The van der Waals surface area contributed by atoms with E-state index in [-0.39, 0.29) is 0 Å². The van der Waals surface area contributed by atoms with Crippen molar-refractivity contribution in [2.24, 2.45) is 0 Å². The predicted molar refractivity (Wildman–Crippen MR) is 256 cm³/mol. The highest BCUT2D eigenvalue weighted by Gasteiger charge is 2.25. The van der Waals surface area contributed by atoms with Gasteiger partial charge in [0.2, 0.25) is 0 Å². The summed E-state index contributed by atoms with van der Waals surface area (Å²) in [5.74, 6) is 1.51. The molecule has 0 radical (unpaired) electrons. The number of hydrogen-bond donors (Lipinski definition) is 0. The molecule has 0 fully saturated rings. The van der Waals surface area contributed by atoms with E-state index in [1.165, 1.54) is 43.6 Å². The van der Waals surface area contributed by atoms with Crippen LogP contribution in [0.15, 0.2) is 195 Å². The van der Waals surface area contributed by atoms with Crippen molar-refractivity contribution in [3.05, 3.63) is 206 Å². The molecule has 0 aliphatic carbocycles. The van der Waals surface area contributed by atoms with Gasteiger partial charge in [-0.15, -0.1) is 0 Å². The first-order valence-electron chi connectivity index (χ1n) is 21.2. The summed E-state index contributed by atoms with van der Waals surface area (Å²) in [6.45, 7) is 1.38. The monoisotopic (exact) mass is 818 g/mol. The van der Waals surface area contributed by atoms with Crippen LogP contribution in [0.5, 0.6) is 11.5 Å². The number of rotatable bonds is 8. The van der Waals surface area contributed by atoms with E-state index in [9.17, 15) is 0 Å². The van der Waals surface area contributed by atoms with Gasteiger partial charge in [0.25, 0.3) is 0 Å². The van der Waals surface area contributed by atoms with Gasteiger partial charge in [0, 0.05) is 71.5 Å². The molecule has 2 aliphatic rings. The van der Waals surface area contributed by atoms with Crippen molar-refractivity contribution in [3.8, 4) is 22.9 Å². The molecule has 0 unspecified atom stereocenters. The average Bonchev–Trinajstić information content (AvgIpc) is 4.10. The number of aromatic nitrogens is 4. The summed E-state index contributed by atoms with van der Waals surface area (Å²) in [6, 6.07) is 59.4. The van der Waals surface area contributed by atoms with Crippen LogP contribution in [0.3, 0.4) is 0 Å². The molecule has 9 heteroatoms. The molecule has 2 aliphatic heterocycles. The Kier molecular flexibility index (Phi) is 8.53. The summed E-state index contributed by atoms with van der Waals surface area (Å²) >= 11 is 0. The maximum Gasteiger partial charge on any atom is 0.129 e. The lowest BCUT2D eigenvalue weighted by atomic mass is 10.2. The molecule has 0 saturated heterocycles. The normalized spacial score (nSPS) is 14.1. The number of fused-ring (bicyclic) bond motifs is 6. The molecule has 0 spiro atoms. The lowest BCUT2D eigenvalue weighted by molar-refractivity contribution is 0.479. The molecule has 304 valence electrons. The number of nitrogens with zero attached hydrogens (tertiary/aromatic N) is 8. The van der Waals surface area contributed by atoms with E-state index in [1.807, 2.05) is 36.7 Å². The molecule has 6 aromatic carbocycles. The van der Waals surface area contributed by atoms with Crippen LogP contribution >= 0.6 is 0 Å². The van der Waals surface area contributed by atoms with Gasteiger partial charge in [-0.1, -0.05) is 84.9 Å². The van der Waals surface area contributed by atoms with Gasteiger partial charge in [-0.05, 0) is 72.8 Å². The summed E-state index contributed by atoms with van der Waals surface area (Å²) in [5, 5.41) is 4.94. The summed E-state index contributed by atoms with van der Waals surface area (Å²) in [4.78, 5) is 19.0. The fourth-order valence-corrected chi connectivity index (χ4v) is 9.39. The maximum atomic E-state index is 6.61. The fraction of sp³-hybridized carbons (Fsp3) is 0.0741. The van der Waals surface area contributed by atoms with E-state index in [0.717, 1.165) is 57.0 Å². The van der Waals surface area contributed by atoms with Gasteiger partial charge in [-0.2, -0.15) is 0 Å².